The number of aliphatic hydroxyl groups excluding tert-OH is 1. The van der Waals surface area contributed by atoms with E-state index in [1.807, 2.05) is 56.3 Å². The first-order valence-corrected chi connectivity index (χ1v) is 19.1. The quantitative estimate of drug-likeness (QED) is 0.101. The van der Waals surface area contributed by atoms with Crippen molar-refractivity contribution in [1.29, 1.82) is 0 Å². The molecule has 0 unspecified atom stereocenters. The first-order chi connectivity index (χ1) is 25.1. The summed E-state index contributed by atoms with van der Waals surface area (Å²) >= 11 is 0. The van der Waals surface area contributed by atoms with Crippen molar-refractivity contribution in [2.75, 3.05) is 32.8 Å². The van der Waals surface area contributed by atoms with E-state index in [0.717, 1.165) is 37.2 Å². The second-order valence-corrected chi connectivity index (χ2v) is 15.1. The van der Waals surface area contributed by atoms with E-state index in [1.54, 1.807) is 12.1 Å². The Bertz CT molecular complexity index is 1440. The molecular weight excluding hydrogens is 672 g/mol. The molecule has 2 aromatic carbocycles. The Labute approximate surface area is 316 Å². The molecule has 0 aromatic heterocycles. The van der Waals surface area contributed by atoms with Crippen LogP contribution in [0.2, 0.25) is 0 Å². The van der Waals surface area contributed by atoms with Gasteiger partial charge in [0.25, 0.3) is 5.91 Å². The van der Waals surface area contributed by atoms with Crippen LogP contribution in [-0.4, -0.2) is 96.5 Å². The van der Waals surface area contributed by atoms with Gasteiger partial charge in [-0.15, -0.1) is 0 Å². The molecule has 2 aromatic rings. The lowest BCUT2D eigenvalue weighted by atomic mass is 9.86. The number of nitrogens with zero attached hydrogens (tertiary/aromatic N) is 1. The third-order valence-electron chi connectivity index (χ3n) is 9.17. The minimum atomic E-state index is -1.05. The van der Waals surface area contributed by atoms with Crippen LogP contribution in [0.1, 0.15) is 103 Å². The van der Waals surface area contributed by atoms with E-state index in [0.29, 0.717) is 24.8 Å². The summed E-state index contributed by atoms with van der Waals surface area (Å²) in [7, 11) is 0. The molecule has 4 atom stereocenters. The predicted octanol–water partition coefficient (Wildman–Crippen LogP) is 3.47. The molecule has 0 aliphatic rings. The van der Waals surface area contributed by atoms with Crippen molar-refractivity contribution in [2.24, 2.45) is 5.92 Å². The van der Waals surface area contributed by atoms with E-state index < -0.39 is 53.7 Å². The number of hydrogen-bond acceptors (Lipinski definition) is 7. The molecule has 0 spiro atoms. The van der Waals surface area contributed by atoms with Gasteiger partial charge in [0.15, 0.2) is 0 Å². The van der Waals surface area contributed by atoms with Gasteiger partial charge in [0.05, 0.1) is 6.61 Å². The summed E-state index contributed by atoms with van der Waals surface area (Å²) in [5.74, 6) is -2.44. The van der Waals surface area contributed by atoms with Crippen LogP contribution in [0.3, 0.4) is 0 Å². The molecule has 0 radical (unpaired) electrons. The molecular formula is C41H64N6O6. The summed E-state index contributed by atoms with van der Waals surface area (Å²) in [6.07, 6.45) is 2.43. The number of amides is 5. The van der Waals surface area contributed by atoms with Gasteiger partial charge in [-0.2, -0.15) is 0 Å². The third-order valence-corrected chi connectivity index (χ3v) is 9.17. The van der Waals surface area contributed by atoms with Gasteiger partial charge in [0, 0.05) is 18.5 Å². The monoisotopic (exact) mass is 736 g/mol. The Hall–Kier alpha value is -4.29. The van der Waals surface area contributed by atoms with Gasteiger partial charge < -0.3 is 36.6 Å². The van der Waals surface area contributed by atoms with Crippen LogP contribution in [0.4, 0.5) is 0 Å². The third kappa shape index (κ3) is 16.1. The first kappa shape index (κ1) is 44.9. The molecule has 12 heteroatoms. The highest BCUT2D eigenvalue weighted by atomic mass is 16.3. The number of carbonyl (C=O) groups excluding carboxylic acids is 5. The van der Waals surface area contributed by atoms with Crippen LogP contribution in [-0.2, 0) is 31.0 Å². The molecule has 0 saturated carbocycles. The standard InChI is InChI=1S/C41H64N6O6/c1-9-47(10-2)24-15-14-18-33(38(51)42-23-25-48)44-40(53)34(26-28(3)4)45-36(49)29(5)43-39(52)35(27-30-16-12-11-13-17-30)46-37(50)31-19-21-32(22-20-31)41(6,7)8/h11-13,16-17,19-22,28-29,33-35,48H,9-10,14-15,18,23-27H2,1-8H3,(H,42,51)(H,43,52)(H,44,53)(H,45,49)(H,46,50)/t29-,33-,34-,35-/m0/s1. The van der Waals surface area contributed by atoms with Gasteiger partial charge >= 0.3 is 0 Å². The van der Waals surface area contributed by atoms with Crippen molar-refractivity contribution in [3.05, 3.63) is 71.3 Å². The normalized spacial score (nSPS) is 13.8. The highest BCUT2D eigenvalue weighted by Crippen LogP contribution is 2.22. The summed E-state index contributed by atoms with van der Waals surface area (Å²) < 4.78 is 0. The minimum Gasteiger partial charge on any atom is -0.395 e. The Morgan fingerprint density at radius 1 is 0.717 bits per heavy atom. The van der Waals surface area contributed by atoms with Gasteiger partial charge in [-0.05, 0) is 86.8 Å². The number of carbonyl (C=O) groups is 5. The number of hydrogen-bond donors (Lipinski definition) is 6. The second-order valence-electron chi connectivity index (χ2n) is 15.1. The topological polar surface area (TPSA) is 169 Å². The molecule has 0 aliphatic heterocycles. The zero-order chi connectivity index (χ0) is 39.6. The largest absolute Gasteiger partial charge is 0.395 e. The molecule has 0 heterocycles. The van der Waals surface area contributed by atoms with Gasteiger partial charge in [0.2, 0.25) is 23.6 Å². The highest BCUT2D eigenvalue weighted by molar-refractivity contribution is 5.99. The van der Waals surface area contributed by atoms with E-state index in [-0.39, 0.29) is 30.9 Å². The molecule has 294 valence electrons. The summed E-state index contributed by atoms with van der Waals surface area (Å²) in [4.78, 5) is 69.4. The molecule has 53 heavy (non-hydrogen) atoms. The first-order valence-electron chi connectivity index (χ1n) is 19.1. The van der Waals surface area contributed by atoms with Crippen molar-refractivity contribution >= 4 is 29.5 Å². The SMILES string of the molecule is CCN(CC)CCCC[C@H](NC(=O)[C@H](CC(C)C)NC(=O)[C@H](C)NC(=O)[C@H](Cc1ccccc1)NC(=O)c1ccc(C(C)(C)C)cc1)C(=O)NCCO. The lowest BCUT2D eigenvalue weighted by Gasteiger charge is -2.26. The van der Waals surface area contributed by atoms with Crippen LogP contribution in [0, 0.1) is 5.92 Å². The zero-order valence-electron chi connectivity index (χ0n) is 33.1. The minimum absolute atomic E-state index is 0.0228. The van der Waals surface area contributed by atoms with Crippen molar-refractivity contribution in [3.8, 4) is 0 Å². The van der Waals surface area contributed by atoms with Gasteiger partial charge in [0.1, 0.15) is 24.2 Å². The fraction of sp³-hybridized carbons (Fsp3) is 0.585. The smallest absolute Gasteiger partial charge is 0.251 e. The molecule has 0 bridgehead atoms. The number of unbranched alkanes of at least 4 members (excludes halogenated alkanes) is 1. The van der Waals surface area contributed by atoms with Crippen LogP contribution in [0.25, 0.3) is 0 Å². The van der Waals surface area contributed by atoms with Crippen LogP contribution in [0.5, 0.6) is 0 Å². The summed E-state index contributed by atoms with van der Waals surface area (Å²) in [6.45, 7) is 18.4. The van der Waals surface area contributed by atoms with Crippen molar-refractivity contribution < 1.29 is 29.1 Å². The Morgan fingerprint density at radius 3 is 1.89 bits per heavy atom. The van der Waals surface area contributed by atoms with E-state index in [9.17, 15) is 29.1 Å². The molecule has 0 aliphatic carbocycles. The van der Waals surface area contributed by atoms with Crippen LogP contribution in [0.15, 0.2) is 54.6 Å². The number of rotatable bonds is 22. The molecule has 5 amide bonds. The molecule has 6 N–H and O–H groups in total. The summed E-state index contributed by atoms with van der Waals surface area (Å²) in [5, 5.41) is 23.1. The van der Waals surface area contributed by atoms with Crippen molar-refractivity contribution in [1.82, 2.24) is 31.5 Å². The van der Waals surface area contributed by atoms with E-state index in [2.05, 4.69) is 66.1 Å². The molecule has 0 fully saturated rings. The van der Waals surface area contributed by atoms with Gasteiger partial charge in [-0.1, -0.05) is 90.9 Å². The maximum absolute atomic E-state index is 13.7. The average Bonchev–Trinajstić information content (AvgIpc) is 3.12. The number of aliphatic hydroxyl groups is 1. The van der Waals surface area contributed by atoms with E-state index in [1.165, 1.54) is 6.92 Å². The number of benzene rings is 2. The predicted molar refractivity (Wildman–Crippen MR) is 209 cm³/mol. The van der Waals surface area contributed by atoms with Gasteiger partial charge in [-0.3, -0.25) is 24.0 Å². The molecule has 0 saturated heterocycles. The fourth-order valence-electron chi connectivity index (χ4n) is 5.87. The van der Waals surface area contributed by atoms with Crippen molar-refractivity contribution in [2.45, 2.75) is 117 Å². The summed E-state index contributed by atoms with van der Waals surface area (Å²) in [5.41, 5.74) is 2.22. The fourth-order valence-corrected chi connectivity index (χ4v) is 5.87. The lowest BCUT2D eigenvalue weighted by Crippen LogP contribution is -2.58. The van der Waals surface area contributed by atoms with Gasteiger partial charge in [-0.25, -0.2) is 0 Å². The average molecular weight is 737 g/mol. The van der Waals surface area contributed by atoms with Crippen LogP contribution < -0.4 is 26.6 Å². The maximum atomic E-state index is 13.7. The van der Waals surface area contributed by atoms with E-state index in [4.69, 9.17) is 0 Å². The molecule has 2 rings (SSSR count). The Morgan fingerprint density at radius 2 is 1.32 bits per heavy atom. The van der Waals surface area contributed by atoms with E-state index >= 15 is 0 Å². The number of nitrogens with one attached hydrogen (secondary N) is 5. The summed E-state index contributed by atoms with van der Waals surface area (Å²) in [6, 6.07) is 12.7. The van der Waals surface area contributed by atoms with Crippen LogP contribution >= 0.6 is 0 Å². The molecule has 12 nitrogen and oxygen atoms in total. The second kappa shape index (κ2) is 22.7. The Kier molecular flexibility index (Phi) is 19.2. The maximum Gasteiger partial charge on any atom is 0.251 e. The lowest BCUT2D eigenvalue weighted by molar-refractivity contribution is -0.134. The Balaban J connectivity index is 2.17. The zero-order valence-corrected chi connectivity index (χ0v) is 33.1. The van der Waals surface area contributed by atoms with Crippen molar-refractivity contribution in [3.63, 3.8) is 0 Å². The highest BCUT2D eigenvalue weighted by Gasteiger charge is 2.30.